The largest absolute Gasteiger partial charge is 0.390 e. The Labute approximate surface area is 106 Å². The molecule has 17 heavy (non-hydrogen) atoms. The van der Waals surface area contributed by atoms with E-state index < -0.39 is 0 Å². The molecule has 1 heterocycles. The van der Waals surface area contributed by atoms with Crippen LogP contribution in [0, 0.1) is 0 Å². The average Bonchev–Trinajstić information content (AvgIpc) is 2.40. The summed E-state index contributed by atoms with van der Waals surface area (Å²) in [5.41, 5.74) is 0.0833. The van der Waals surface area contributed by atoms with Gasteiger partial charge in [0.25, 0.3) is 0 Å². The van der Waals surface area contributed by atoms with Crippen LogP contribution >= 0.6 is 0 Å². The van der Waals surface area contributed by atoms with Crippen molar-refractivity contribution in [1.82, 2.24) is 15.1 Å². The van der Waals surface area contributed by atoms with Crippen LogP contribution in [0.1, 0.15) is 27.2 Å². The van der Waals surface area contributed by atoms with E-state index in [2.05, 4.69) is 42.9 Å². The molecule has 1 aliphatic heterocycles. The topological polar surface area (TPSA) is 38.7 Å². The molecule has 4 nitrogen and oxygen atoms in total. The summed E-state index contributed by atoms with van der Waals surface area (Å²) in [6.07, 6.45) is 0.938. The number of β-amino-alcohol motifs (C(OH)–C–C–N with tert-alkyl or cyclic N) is 1. The van der Waals surface area contributed by atoms with Crippen molar-refractivity contribution in [3.8, 4) is 0 Å². The smallest absolute Gasteiger partial charge is 0.0791 e. The highest BCUT2D eigenvalue weighted by Gasteiger charge is 2.17. The zero-order valence-corrected chi connectivity index (χ0v) is 11.9. The van der Waals surface area contributed by atoms with Gasteiger partial charge >= 0.3 is 0 Å². The van der Waals surface area contributed by atoms with E-state index >= 15 is 0 Å². The summed E-state index contributed by atoms with van der Waals surface area (Å²) >= 11 is 0. The molecule has 1 atom stereocenters. The van der Waals surface area contributed by atoms with Crippen LogP contribution in [0.15, 0.2) is 0 Å². The summed E-state index contributed by atoms with van der Waals surface area (Å²) in [7, 11) is 2.17. The lowest BCUT2D eigenvalue weighted by molar-refractivity contribution is 0.107. The third kappa shape index (κ3) is 6.99. The molecule has 102 valence electrons. The van der Waals surface area contributed by atoms with Crippen molar-refractivity contribution in [2.24, 2.45) is 0 Å². The van der Waals surface area contributed by atoms with E-state index in [0.29, 0.717) is 6.54 Å². The lowest BCUT2D eigenvalue weighted by Gasteiger charge is -2.27. The minimum Gasteiger partial charge on any atom is -0.390 e. The first-order chi connectivity index (χ1) is 7.87. The molecule has 4 heteroatoms. The second-order valence-electron chi connectivity index (χ2n) is 6.24. The first-order valence-corrected chi connectivity index (χ1v) is 6.71. The Morgan fingerprint density at radius 2 is 1.88 bits per heavy atom. The predicted octanol–water partition coefficient (Wildman–Crippen LogP) is 0.373. The highest BCUT2D eigenvalue weighted by Crippen LogP contribution is 2.03. The Morgan fingerprint density at radius 3 is 2.53 bits per heavy atom. The number of hydrogen-bond donors (Lipinski definition) is 2. The van der Waals surface area contributed by atoms with Crippen molar-refractivity contribution in [3.63, 3.8) is 0 Å². The zero-order chi connectivity index (χ0) is 12.9. The molecule has 1 unspecified atom stereocenters. The second-order valence-corrected chi connectivity index (χ2v) is 6.24. The van der Waals surface area contributed by atoms with Crippen molar-refractivity contribution in [2.45, 2.75) is 38.8 Å². The molecular formula is C13H29N3O. The SMILES string of the molecule is CN1CCCN(CC(O)CNC(C)(C)C)CC1. The highest BCUT2D eigenvalue weighted by atomic mass is 16.3. The van der Waals surface area contributed by atoms with Crippen molar-refractivity contribution in [3.05, 3.63) is 0 Å². The molecule has 0 aliphatic carbocycles. The molecule has 0 bridgehead atoms. The summed E-state index contributed by atoms with van der Waals surface area (Å²) in [6, 6.07) is 0. The van der Waals surface area contributed by atoms with Gasteiger partial charge in [-0.05, 0) is 47.3 Å². The molecule has 1 rings (SSSR count). The van der Waals surface area contributed by atoms with Crippen LogP contribution in [0.4, 0.5) is 0 Å². The maximum absolute atomic E-state index is 10.0. The van der Waals surface area contributed by atoms with Crippen molar-refractivity contribution >= 4 is 0 Å². The number of likely N-dealkylation sites (N-methyl/N-ethyl adjacent to an activating group) is 1. The van der Waals surface area contributed by atoms with E-state index in [4.69, 9.17) is 0 Å². The Kier molecular flexibility index (Phi) is 5.86. The van der Waals surface area contributed by atoms with Crippen LogP contribution in [0.3, 0.4) is 0 Å². The number of rotatable bonds is 4. The van der Waals surface area contributed by atoms with E-state index in [1.165, 1.54) is 13.0 Å². The fourth-order valence-electron chi connectivity index (χ4n) is 2.07. The first-order valence-electron chi connectivity index (χ1n) is 6.71. The van der Waals surface area contributed by atoms with Gasteiger partial charge in [-0.1, -0.05) is 0 Å². The summed E-state index contributed by atoms with van der Waals surface area (Å²) in [5, 5.41) is 13.4. The third-order valence-electron chi connectivity index (χ3n) is 3.15. The molecule has 1 aliphatic rings. The second kappa shape index (κ2) is 6.69. The number of hydrogen-bond acceptors (Lipinski definition) is 4. The standard InChI is InChI=1S/C13H29N3O/c1-13(2,3)14-10-12(17)11-16-7-5-6-15(4)8-9-16/h12,14,17H,5-11H2,1-4H3. The molecule has 0 saturated carbocycles. The molecule has 0 spiro atoms. The predicted molar refractivity (Wildman–Crippen MR) is 72.3 cm³/mol. The Hall–Kier alpha value is -0.160. The Balaban J connectivity index is 2.23. The summed E-state index contributed by atoms with van der Waals surface area (Å²) in [6.45, 7) is 12.3. The van der Waals surface area contributed by atoms with Gasteiger partial charge in [-0.3, -0.25) is 4.90 Å². The minimum absolute atomic E-state index is 0.0833. The molecule has 0 amide bonds. The quantitative estimate of drug-likeness (QED) is 0.748. The molecule has 0 aromatic rings. The van der Waals surface area contributed by atoms with Crippen LogP contribution < -0.4 is 5.32 Å². The van der Waals surface area contributed by atoms with Gasteiger partial charge in [-0.25, -0.2) is 0 Å². The van der Waals surface area contributed by atoms with Crippen molar-refractivity contribution in [2.75, 3.05) is 46.3 Å². The van der Waals surface area contributed by atoms with Gasteiger partial charge in [-0.15, -0.1) is 0 Å². The van der Waals surface area contributed by atoms with Crippen LogP contribution in [-0.2, 0) is 0 Å². The monoisotopic (exact) mass is 243 g/mol. The average molecular weight is 243 g/mol. The van der Waals surface area contributed by atoms with Crippen molar-refractivity contribution < 1.29 is 5.11 Å². The molecule has 1 fully saturated rings. The molecule has 0 radical (unpaired) electrons. The molecular weight excluding hydrogens is 214 g/mol. The summed E-state index contributed by atoms with van der Waals surface area (Å²) < 4.78 is 0. The molecule has 1 saturated heterocycles. The maximum atomic E-state index is 10.0. The Morgan fingerprint density at radius 1 is 1.18 bits per heavy atom. The van der Waals surface area contributed by atoms with Gasteiger partial charge in [0, 0.05) is 31.7 Å². The minimum atomic E-state index is -0.266. The van der Waals surface area contributed by atoms with Gasteiger partial charge in [0.05, 0.1) is 6.10 Å². The van der Waals surface area contributed by atoms with Gasteiger partial charge in [-0.2, -0.15) is 0 Å². The highest BCUT2D eigenvalue weighted by molar-refractivity contribution is 4.76. The zero-order valence-electron chi connectivity index (χ0n) is 11.9. The molecule has 0 aromatic heterocycles. The van der Waals surface area contributed by atoms with Gasteiger partial charge in [0.15, 0.2) is 0 Å². The van der Waals surface area contributed by atoms with Gasteiger partial charge in [0.1, 0.15) is 0 Å². The van der Waals surface area contributed by atoms with Gasteiger partial charge in [0.2, 0.25) is 0 Å². The number of aliphatic hydroxyl groups excluding tert-OH is 1. The van der Waals surface area contributed by atoms with E-state index in [1.54, 1.807) is 0 Å². The van der Waals surface area contributed by atoms with E-state index in [1.807, 2.05) is 0 Å². The van der Waals surface area contributed by atoms with Crippen LogP contribution in [-0.4, -0.2) is 72.9 Å². The lowest BCUT2D eigenvalue weighted by atomic mass is 10.1. The van der Waals surface area contributed by atoms with E-state index in [0.717, 1.165) is 26.2 Å². The number of nitrogens with one attached hydrogen (secondary N) is 1. The third-order valence-corrected chi connectivity index (χ3v) is 3.15. The van der Waals surface area contributed by atoms with Crippen LogP contribution in [0.5, 0.6) is 0 Å². The fourth-order valence-corrected chi connectivity index (χ4v) is 2.07. The van der Waals surface area contributed by atoms with Crippen LogP contribution in [0.25, 0.3) is 0 Å². The maximum Gasteiger partial charge on any atom is 0.0791 e. The van der Waals surface area contributed by atoms with E-state index in [9.17, 15) is 5.11 Å². The first kappa shape index (κ1) is 14.9. The normalized spacial score (nSPS) is 22.4. The van der Waals surface area contributed by atoms with Crippen molar-refractivity contribution in [1.29, 1.82) is 0 Å². The van der Waals surface area contributed by atoms with Gasteiger partial charge < -0.3 is 15.3 Å². The molecule has 2 N–H and O–H groups in total. The Bertz CT molecular complexity index is 215. The molecule has 0 aromatic carbocycles. The summed E-state index contributed by atoms with van der Waals surface area (Å²) in [4.78, 5) is 4.73. The summed E-state index contributed by atoms with van der Waals surface area (Å²) in [5.74, 6) is 0. The number of nitrogens with zero attached hydrogens (tertiary/aromatic N) is 2. The number of aliphatic hydroxyl groups is 1. The van der Waals surface area contributed by atoms with Crippen LogP contribution in [0.2, 0.25) is 0 Å². The van der Waals surface area contributed by atoms with E-state index in [-0.39, 0.29) is 11.6 Å². The fraction of sp³-hybridized carbons (Fsp3) is 1.00. The lowest BCUT2D eigenvalue weighted by Crippen LogP contribution is -2.45.